The minimum Gasteiger partial charge on any atom is -0.373 e. The molecule has 0 saturated heterocycles. The van der Waals surface area contributed by atoms with Crippen LogP contribution in [0.5, 0.6) is 0 Å². The van der Waals surface area contributed by atoms with Crippen molar-refractivity contribution in [2.75, 3.05) is 12.9 Å². The first kappa shape index (κ1) is 17.6. The minimum absolute atomic E-state index is 0.0685. The van der Waals surface area contributed by atoms with E-state index in [1.807, 2.05) is 32.0 Å². The minimum atomic E-state index is -0.509. The summed E-state index contributed by atoms with van der Waals surface area (Å²) in [6.07, 6.45) is 1.64. The highest BCUT2D eigenvalue weighted by molar-refractivity contribution is 7.99. The summed E-state index contributed by atoms with van der Waals surface area (Å²) in [4.78, 5) is 21.7. The first-order valence-corrected chi connectivity index (χ1v) is 9.05. The molecule has 0 fully saturated rings. The fraction of sp³-hybridized carbons (Fsp3) is 0.444. The third-order valence-electron chi connectivity index (χ3n) is 4.40. The molecule has 3 rings (SSSR count). The van der Waals surface area contributed by atoms with Crippen molar-refractivity contribution in [2.24, 2.45) is 5.92 Å². The van der Waals surface area contributed by atoms with Gasteiger partial charge in [0.25, 0.3) is 5.56 Å². The van der Waals surface area contributed by atoms with Crippen LogP contribution in [0.4, 0.5) is 0 Å². The quantitative estimate of drug-likeness (QED) is 0.787. The molecular weight excluding hydrogens is 336 g/mol. The molecular formula is C18H20N4O2S. The van der Waals surface area contributed by atoms with Crippen molar-refractivity contribution in [3.8, 4) is 17.3 Å². The smallest absolute Gasteiger partial charge is 0.272 e. The zero-order chi connectivity index (χ0) is 18.2. The summed E-state index contributed by atoms with van der Waals surface area (Å²) >= 11 is 1.55. The van der Waals surface area contributed by atoms with E-state index < -0.39 is 5.60 Å². The van der Waals surface area contributed by atoms with Crippen molar-refractivity contribution in [3.63, 3.8) is 0 Å². The van der Waals surface area contributed by atoms with E-state index in [1.165, 1.54) is 0 Å². The molecule has 2 aromatic heterocycles. The Labute approximate surface area is 150 Å². The molecule has 0 saturated carbocycles. The first-order chi connectivity index (χ1) is 11.9. The lowest BCUT2D eigenvalue weighted by molar-refractivity contribution is 0.0155. The van der Waals surface area contributed by atoms with Gasteiger partial charge in [0.15, 0.2) is 5.16 Å². The molecule has 0 aliphatic carbocycles. The lowest BCUT2D eigenvalue weighted by Gasteiger charge is -2.23. The maximum atomic E-state index is 12.7. The number of pyridine rings is 1. The molecule has 25 heavy (non-hydrogen) atoms. The Morgan fingerprint density at radius 2 is 2.20 bits per heavy atom. The van der Waals surface area contributed by atoms with Crippen LogP contribution in [0.3, 0.4) is 0 Å². The molecule has 130 valence electrons. The third-order valence-corrected chi connectivity index (χ3v) is 5.71. The lowest BCUT2D eigenvalue weighted by Crippen LogP contribution is -2.32. The molecule has 1 aliphatic heterocycles. The van der Waals surface area contributed by atoms with E-state index >= 15 is 0 Å². The number of methoxy groups -OCH3 is 1. The maximum absolute atomic E-state index is 12.7. The Morgan fingerprint density at radius 3 is 2.80 bits per heavy atom. The molecule has 0 spiro atoms. The number of aromatic nitrogens is 3. The van der Waals surface area contributed by atoms with Crippen LogP contribution >= 0.6 is 11.8 Å². The van der Waals surface area contributed by atoms with Crippen LogP contribution in [0.25, 0.3) is 11.3 Å². The van der Waals surface area contributed by atoms with Crippen LogP contribution in [0.15, 0.2) is 28.3 Å². The molecule has 3 heterocycles. The summed E-state index contributed by atoms with van der Waals surface area (Å²) in [5.41, 5.74) is 1.12. The van der Waals surface area contributed by atoms with Crippen molar-refractivity contribution in [1.82, 2.24) is 14.5 Å². The number of nitrogens with zero attached hydrogens (tertiary/aromatic N) is 4. The van der Waals surface area contributed by atoms with Crippen LogP contribution in [-0.4, -0.2) is 27.4 Å². The average Bonchev–Trinajstić information content (AvgIpc) is 2.62. The number of hydrogen-bond acceptors (Lipinski definition) is 6. The average molecular weight is 356 g/mol. The molecule has 2 aromatic rings. The normalized spacial score (nSPS) is 17.0. The lowest BCUT2D eigenvalue weighted by atomic mass is 10.0. The van der Waals surface area contributed by atoms with E-state index in [0.717, 1.165) is 11.4 Å². The SMILES string of the molecule is COC(C)(C)c1ccc(-c2nc3n(c(=O)c2C#N)CC(C)CS3)cn1. The van der Waals surface area contributed by atoms with E-state index in [-0.39, 0.29) is 11.1 Å². The van der Waals surface area contributed by atoms with Gasteiger partial charge in [-0.15, -0.1) is 0 Å². The van der Waals surface area contributed by atoms with Gasteiger partial charge in [0.05, 0.1) is 11.4 Å². The van der Waals surface area contributed by atoms with Gasteiger partial charge in [0.2, 0.25) is 0 Å². The van der Waals surface area contributed by atoms with Crippen LogP contribution < -0.4 is 5.56 Å². The Bertz CT molecular complexity index is 897. The van der Waals surface area contributed by atoms with Crippen molar-refractivity contribution < 1.29 is 4.74 Å². The molecule has 1 aliphatic rings. The molecule has 0 radical (unpaired) electrons. The number of hydrogen-bond donors (Lipinski definition) is 0. The van der Waals surface area contributed by atoms with Crippen LogP contribution in [0.1, 0.15) is 32.0 Å². The largest absolute Gasteiger partial charge is 0.373 e. The fourth-order valence-corrected chi connectivity index (χ4v) is 3.70. The van der Waals surface area contributed by atoms with Crippen LogP contribution in [0, 0.1) is 17.2 Å². The highest BCUT2D eigenvalue weighted by Crippen LogP contribution is 2.29. The first-order valence-electron chi connectivity index (χ1n) is 8.07. The predicted molar refractivity (Wildman–Crippen MR) is 96.4 cm³/mol. The predicted octanol–water partition coefficient (Wildman–Crippen LogP) is 2.80. The summed E-state index contributed by atoms with van der Waals surface area (Å²) in [6.45, 7) is 6.54. The molecule has 1 atom stereocenters. The van der Waals surface area contributed by atoms with Gasteiger partial charge in [-0.05, 0) is 31.9 Å². The van der Waals surface area contributed by atoms with Crippen LogP contribution in [-0.2, 0) is 16.9 Å². The van der Waals surface area contributed by atoms with E-state index in [2.05, 4.69) is 16.9 Å². The van der Waals surface area contributed by atoms with Crippen LogP contribution in [0.2, 0.25) is 0 Å². The number of nitriles is 1. The summed E-state index contributed by atoms with van der Waals surface area (Å²) in [7, 11) is 1.63. The van der Waals surface area contributed by atoms with E-state index in [0.29, 0.717) is 28.9 Å². The fourth-order valence-electron chi connectivity index (χ4n) is 2.69. The molecule has 0 amide bonds. The summed E-state index contributed by atoms with van der Waals surface area (Å²) in [6, 6.07) is 5.70. The van der Waals surface area contributed by atoms with E-state index in [1.54, 1.807) is 29.6 Å². The third kappa shape index (κ3) is 3.20. The molecule has 0 N–H and O–H groups in total. The van der Waals surface area contributed by atoms with Crippen molar-refractivity contribution >= 4 is 11.8 Å². The summed E-state index contributed by atoms with van der Waals surface area (Å²) < 4.78 is 7.04. The maximum Gasteiger partial charge on any atom is 0.272 e. The standard InChI is InChI=1S/C18H20N4O2S/c1-11-9-22-16(23)13(7-19)15(21-17(22)25-10-11)12-5-6-14(20-8-12)18(2,3)24-4/h5-6,8,11H,9-10H2,1-4H3. The van der Waals surface area contributed by atoms with Gasteiger partial charge in [-0.25, -0.2) is 4.98 Å². The highest BCUT2D eigenvalue weighted by atomic mass is 32.2. The Hall–Kier alpha value is -2.17. The topological polar surface area (TPSA) is 80.8 Å². The van der Waals surface area contributed by atoms with Gasteiger partial charge in [0, 0.05) is 31.2 Å². The highest BCUT2D eigenvalue weighted by Gasteiger charge is 2.24. The van der Waals surface area contributed by atoms with Gasteiger partial charge in [-0.3, -0.25) is 14.3 Å². The molecule has 0 bridgehead atoms. The second-order valence-corrected chi connectivity index (χ2v) is 7.70. The number of ether oxygens (including phenoxy) is 1. The molecule has 7 heteroatoms. The second-order valence-electron chi connectivity index (χ2n) is 6.71. The zero-order valence-corrected chi connectivity index (χ0v) is 15.6. The number of rotatable bonds is 3. The summed E-state index contributed by atoms with van der Waals surface area (Å²) in [5, 5.41) is 10.2. The Balaban J connectivity index is 2.11. The van der Waals surface area contributed by atoms with Gasteiger partial charge in [-0.1, -0.05) is 18.7 Å². The van der Waals surface area contributed by atoms with E-state index in [9.17, 15) is 10.1 Å². The Kier molecular flexibility index (Phi) is 4.67. The zero-order valence-electron chi connectivity index (χ0n) is 14.7. The second kappa shape index (κ2) is 6.62. The molecule has 1 unspecified atom stereocenters. The van der Waals surface area contributed by atoms with E-state index in [4.69, 9.17) is 4.74 Å². The molecule has 6 nitrogen and oxygen atoms in total. The summed E-state index contributed by atoms with van der Waals surface area (Å²) in [5.74, 6) is 1.29. The van der Waals surface area contributed by atoms with Crippen molar-refractivity contribution in [3.05, 3.63) is 39.9 Å². The van der Waals surface area contributed by atoms with Crippen molar-refractivity contribution in [1.29, 1.82) is 5.26 Å². The van der Waals surface area contributed by atoms with Crippen molar-refractivity contribution in [2.45, 2.75) is 38.1 Å². The van der Waals surface area contributed by atoms with Gasteiger partial charge < -0.3 is 4.74 Å². The number of fused-ring (bicyclic) bond motifs is 1. The molecule has 0 aromatic carbocycles. The number of thioether (sulfide) groups is 1. The Morgan fingerprint density at radius 1 is 1.44 bits per heavy atom. The van der Waals surface area contributed by atoms with Gasteiger partial charge >= 0.3 is 0 Å². The monoisotopic (exact) mass is 356 g/mol. The van der Waals surface area contributed by atoms with Gasteiger partial charge in [0.1, 0.15) is 17.2 Å². The van der Waals surface area contributed by atoms with Gasteiger partial charge in [-0.2, -0.15) is 5.26 Å².